The number of rotatable bonds is 0. The van der Waals surface area contributed by atoms with Crippen molar-refractivity contribution >= 4 is 0 Å². The first-order valence-electron chi connectivity index (χ1n) is 1.10. The quantitative estimate of drug-likeness (QED) is 0.229. The molecule has 0 aliphatic carbocycles. The first-order valence-corrected chi connectivity index (χ1v) is 1.10. The van der Waals surface area contributed by atoms with Crippen LogP contribution in [0, 0.1) is 61.8 Å². The third kappa shape index (κ3) is 3460. The summed E-state index contributed by atoms with van der Waals surface area (Å²) < 4.78 is 0. The molecule has 0 amide bonds. The average molecular weight is 502 g/mol. The molecule has 0 atom stereocenters. The van der Waals surface area contributed by atoms with Gasteiger partial charge in [-0.25, -0.2) is 0 Å². The standard InChI is InChI=1S/2NO3.6H2O.2O.U/c2*2-1(3)4;;;;;;;;;/h;;6*1H2;;;/q2*-1;;;;;;;2*-2;. The van der Waals surface area contributed by atoms with Gasteiger partial charge in [0.2, 0.25) is 0 Å². The predicted molar refractivity (Wildman–Crippen MR) is 43.8 cm³/mol. The molecule has 0 unspecified atom stereocenters. The van der Waals surface area contributed by atoms with E-state index in [1.165, 1.54) is 0 Å². The minimum absolute atomic E-state index is 0. The topological polar surface area (TPSA) is 378 Å². The Morgan fingerprint density at radius 1 is 0.529 bits per heavy atom. The minimum atomic E-state index is -1.75. The molecular weight excluding hydrogens is 490 g/mol. The molecule has 0 bridgehead atoms. The van der Waals surface area contributed by atoms with E-state index in [4.69, 9.17) is 30.6 Å². The Hall–Kier alpha value is -0.868. The zero-order valence-corrected chi connectivity index (χ0v) is 11.8. The summed E-state index contributed by atoms with van der Waals surface area (Å²) in [6.07, 6.45) is 0. The van der Waals surface area contributed by atoms with Gasteiger partial charge >= 0.3 is 0 Å². The molecule has 0 spiro atoms. The predicted octanol–water partition coefficient (Wildman–Crippen LogP) is -5.66. The van der Waals surface area contributed by atoms with Gasteiger partial charge in [-0.1, -0.05) is 0 Å². The first kappa shape index (κ1) is 140. The Morgan fingerprint density at radius 3 is 0.529 bits per heavy atom. The Labute approximate surface area is 116 Å². The van der Waals surface area contributed by atoms with Gasteiger partial charge < -0.3 is 74.5 Å². The normalized spacial score (nSPS) is 2.82. The van der Waals surface area contributed by atoms with Gasteiger partial charge in [-0.15, -0.1) is 0 Å². The molecule has 0 aliphatic rings. The summed E-state index contributed by atoms with van der Waals surface area (Å²) in [5.41, 5.74) is 0. The van der Waals surface area contributed by atoms with Crippen LogP contribution in [0.1, 0.15) is 0 Å². The maximum Gasteiger partial charge on any atom is 0.0689 e. The Kier molecular flexibility index (Phi) is 947. The Balaban J connectivity index is -0.00000000308. The molecular formula is H12N2O14U-6. The molecule has 116 valence electrons. The van der Waals surface area contributed by atoms with Crippen molar-refractivity contribution in [2.45, 2.75) is 0 Å². The molecule has 0 saturated carbocycles. The molecule has 0 saturated heterocycles. The van der Waals surface area contributed by atoms with Gasteiger partial charge in [0.15, 0.2) is 0 Å². The molecule has 0 fully saturated rings. The Morgan fingerprint density at radius 2 is 0.529 bits per heavy atom. The van der Waals surface area contributed by atoms with E-state index in [1.807, 2.05) is 0 Å². The molecule has 17 heteroatoms. The van der Waals surface area contributed by atoms with Crippen LogP contribution in [-0.2, 0) is 11.0 Å². The van der Waals surface area contributed by atoms with Gasteiger partial charge in [0.05, 0.1) is 10.2 Å². The van der Waals surface area contributed by atoms with Crippen molar-refractivity contribution in [3.63, 3.8) is 0 Å². The van der Waals surface area contributed by atoms with Crippen molar-refractivity contribution in [3.05, 3.63) is 30.6 Å². The summed E-state index contributed by atoms with van der Waals surface area (Å²) in [7, 11) is 0. The van der Waals surface area contributed by atoms with Crippen LogP contribution in [0.15, 0.2) is 0 Å². The van der Waals surface area contributed by atoms with Crippen molar-refractivity contribution < 1.29 is 85.1 Å². The van der Waals surface area contributed by atoms with Crippen LogP contribution in [0.5, 0.6) is 0 Å². The van der Waals surface area contributed by atoms with E-state index in [9.17, 15) is 0 Å². The monoisotopic (exact) mass is 502 g/mol. The fourth-order valence-corrected chi connectivity index (χ4v) is 0. The molecule has 0 aromatic heterocycles. The SMILES string of the molecule is O.O.O.O.O.O.O=[N+]([O-])[O-].O=[N+]([O-])[O-].[O-2].[O-2].[U]. The third-order valence-electron chi connectivity index (χ3n) is 0. The molecule has 17 heavy (non-hydrogen) atoms. The zero-order valence-electron chi connectivity index (χ0n) is 7.66. The van der Waals surface area contributed by atoms with E-state index in [0.717, 1.165) is 0 Å². The summed E-state index contributed by atoms with van der Waals surface area (Å²) in [6.45, 7) is 0. The second-order valence-corrected chi connectivity index (χ2v) is 0.447. The molecule has 0 radical (unpaired) electrons. The van der Waals surface area contributed by atoms with Crippen LogP contribution in [0.25, 0.3) is 0 Å². The summed E-state index contributed by atoms with van der Waals surface area (Å²) in [4.78, 5) is 16.5. The summed E-state index contributed by atoms with van der Waals surface area (Å²) in [5.74, 6) is 0. The zero-order chi connectivity index (χ0) is 7.15. The maximum atomic E-state index is 8.25. The van der Waals surface area contributed by atoms with Gasteiger partial charge in [0.1, 0.15) is 0 Å². The van der Waals surface area contributed by atoms with Crippen LogP contribution in [0.2, 0.25) is 0 Å². The molecule has 0 aromatic rings. The second kappa shape index (κ2) is 115. The third-order valence-corrected chi connectivity index (χ3v) is 0. The average Bonchev–Trinajstić information content (AvgIpc) is 1.25. The minimum Gasteiger partial charge on any atom is -2.00 e. The maximum absolute atomic E-state index is 8.25. The number of hydrogen-bond donors (Lipinski definition) is 0. The number of nitrogens with zero attached hydrogens (tertiary/aromatic N) is 2. The molecule has 12 N–H and O–H groups in total. The van der Waals surface area contributed by atoms with Gasteiger partial charge in [0, 0.05) is 31.1 Å². The molecule has 0 heterocycles. The second-order valence-electron chi connectivity index (χ2n) is 0.447. The molecule has 0 aliphatic heterocycles. The van der Waals surface area contributed by atoms with Crippen molar-refractivity contribution in [2.75, 3.05) is 0 Å². The van der Waals surface area contributed by atoms with E-state index in [0.29, 0.717) is 0 Å². The smallest absolute Gasteiger partial charge is 0.0689 e. The van der Waals surface area contributed by atoms with E-state index >= 15 is 0 Å². The molecule has 0 rings (SSSR count). The van der Waals surface area contributed by atoms with E-state index < -0.39 is 10.2 Å². The largest absolute Gasteiger partial charge is 2.00 e. The first-order chi connectivity index (χ1) is 3.46. The van der Waals surface area contributed by atoms with Gasteiger partial charge in [0.25, 0.3) is 0 Å². The van der Waals surface area contributed by atoms with Crippen molar-refractivity contribution in [1.82, 2.24) is 0 Å². The van der Waals surface area contributed by atoms with Crippen LogP contribution in [-0.4, -0.2) is 43.0 Å². The number of hydrogen-bond acceptors (Lipinski definition) is 6. The fourth-order valence-electron chi connectivity index (χ4n) is 0. The molecule has 16 nitrogen and oxygen atoms in total. The van der Waals surface area contributed by atoms with Crippen LogP contribution >= 0.6 is 0 Å². The molecule has 0 aromatic carbocycles. The van der Waals surface area contributed by atoms with Crippen LogP contribution < -0.4 is 0 Å². The fraction of sp³-hybridized carbons (Fsp3) is 0. The van der Waals surface area contributed by atoms with Gasteiger partial charge in [-0.2, -0.15) is 0 Å². The van der Waals surface area contributed by atoms with E-state index in [2.05, 4.69) is 0 Å². The van der Waals surface area contributed by atoms with Crippen LogP contribution in [0.4, 0.5) is 0 Å². The summed E-state index contributed by atoms with van der Waals surface area (Å²) in [6, 6.07) is 0. The van der Waals surface area contributed by atoms with Crippen molar-refractivity contribution in [3.8, 4) is 0 Å². The van der Waals surface area contributed by atoms with Crippen molar-refractivity contribution in [1.29, 1.82) is 0 Å². The van der Waals surface area contributed by atoms with E-state index in [1.54, 1.807) is 0 Å². The van der Waals surface area contributed by atoms with Crippen molar-refractivity contribution in [2.24, 2.45) is 0 Å². The Bertz CT molecular complexity index is 72.2. The van der Waals surface area contributed by atoms with Gasteiger partial charge in [-0.3, -0.25) is 0 Å². The van der Waals surface area contributed by atoms with Crippen LogP contribution in [0.3, 0.4) is 0 Å². The summed E-state index contributed by atoms with van der Waals surface area (Å²) >= 11 is 0. The van der Waals surface area contributed by atoms with Gasteiger partial charge in [-0.05, 0) is 0 Å². The van der Waals surface area contributed by atoms with E-state index in [-0.39, 0.29) is 74.9 Å². The summed E-state index contributed by atoms with van der Waals surface area (Å²) in [5, 5.41) is 29.5.